The molecule has 0 fully saturated rings. The lowest BCUT2D eigenvalue weighted by Crippen LogP contribution is -2.48. The molecule has 2 atom stereocenters. The van der Waals surface area contributed by atoms with Gasteiger partial charge in [-0.05, 0) is 43.2 Å². The average molecular weight is 378 g/mol. The molecule has 2 aromatic carbocycles. The second-order valence-corrected chi connectivity index (χ2v) is 7.95. The van der Waals surface area contributed by atoms with Crippen molar-refractivity contribution in [2.45, 2.75) is 32.4 Å². The van der Waals surface area contributed by atoms with Crippen LogP contribution in [0.4, 0.5) is 10.1 Å². The molecule has 1 N–H and O–H groups in total. The summed E-state index contributed by atoms with van der Waals surface area (Å²) in [5, 5.41) is 2.90. The fourth-order valence-electron chi connectivity index (χ4n) is 2.80. The molecule has 2 rings (SSSR count). The van der Waals surface area contributed by atoms with E-state index < -0.39 is 27.8 Å². The number of nitrogens with zero attached hydrogens (tertiary/aromatic N) is 1. The van der Waals surface area contributed by atoms with Gasteiger partial charge in [0, 0.05) is 0 Å². The van der Waals surface area contributed by atoms with Gasteiger partial charge in [0.25, 0.3) is 0 Å². The summed E-state index contributed by atoms with van der Waals surface area (Å²) in [5.41, 5.74) is 1.19. The Balaban J connectivity index is 2.26. The van der Waals surface area contributed by atoms with E-state index in [0.717, 1.165) is 28.3 Å². The monoisotopic (exact) mass is 378 g/mol. The van der Waals surface area contributed by atoms with Crippen molar-refractivity contribution >= 4 is 21.6 Å². The molecule has 140 valence electrons. The predicted octanol–water partition coefficient (Wildman–Crippen LogP) is 3.25. The summed E-state index contributed by atoms with van der Waals surface area (Å²) in [6.45, 7) is 3.45. The minimum absolute atomic E-state index is 0.222. The lowest BCUT2D eigenvalue weighted by atomic mass is 10.0. The van der Waals surface area contributed by atoms with Crippen molar-refractivity contribution in [1.82, 2.24) is 5.32 Å². The first-order valence-corrected chi connectivity index (χ1v) is 10.2. The summed E-state index contributed by atoms with van der Waals surface area (Å²) in [4.78, 5) is 12.7. The van der Waals surface area contributed by atoms with Gasteiger partial charge in [-0.2, -0.15) is 0 Å². The Hall–Kier alpha value is -2.41. The third kappa shape index (κ3) is 4.82. The lowest BCUT2D eigenvalue weighted by Gasteiger charge is -2.29. The van der Waals surface area contributed by atoms with Gasteiger partial charge in [-0.3, -0.25) is 9.10 Å². The van der Waals surface area contributed by atoms with Gasteiger partial charge in [0.15, 0.2) is 0 Å². The molecule has 0 unspecified atom stereocenters. The van der Waals surface area contributed by atoms with Crippen molar-refractivity contribution in [3.8, 4) is 0 Å². The highest BCUT2D eigenvalue weighted by Gasteiger charge is 2.30. The molecule has 0 aliphatic rings. The molecule has 0 saturated heterocycles. The topological polar surface area (TPSA) is 66.5 Å². The quantitative estimate of drug-likeness (QED) is 0.804. The third-order valence-electron chi connectivity index (χ3n) is 4.10. The number of carbonyl (C=O) groups excluding carboxylic acids is 1. The van der Waals surface area contributed by atoms with Crippen LogP contribution in [0.3, 0.4) is 0 Å². The molecule has 0 aliphatic heterocycles. The van der Waals surface area contributed by atoms with E-state index in [-0.39, 0.29) is 11.7 Å². The Bertz CT molecular complexity index is 839. The van der Waals surface area contributed by atoms with Gasteiger partial charge in [0.2, 0.25) is 15.9 Å². The van der Waals surface area contributed by atoms with Crippen LogP contribution in [-0.4, -0.2) is 26.6 Å². The molecule has 5 nitrogen and oxygen atoms in total. The van der Waals surface area contributed by atoms with Gasteiger partial charge >= 0.3 is 0 Å². The highest BCUT2D eigenvalue weighted by Crippen LogP contribution is 2.22. The molecule has 0 bridgehead atoms. The van der Waals surface area contributed by atoms with Crippen LogP contribution in [0.15, 0.2) is 54.6 Å². The molecule has 26 heavy (non-hydrogen) atoms. The van der Waals surface area contributed by atoms with Gasteiger partial charge in [0.1, 0.15) is 11.9 Å². The fraction of sp³-hybridized carbons (Fsp3) is 0.316. The molecule has 1 amide bonds. The number of halogens is 1. The van der Waals surface area contributed by atoms with Crippen LogP contribution in [0, 0.1) is 5.82 Å². The van der Waals surface area contributed by atoms with Crippen molar-refractivity contribution in [1.29, 1.82) is 0 Å². The van der Waals surface area contributed by atoms with Crippen LogP contribution in [0.25, 0.3) is 0 Å². The number of rotatable bonds is 7. The first-order valence-electron chi connectivity index (χ1n) is 8.34. The zero-order valence-electron chi connectivity index (χ0n) is 15.0. The van der Waals surface area contributed by atoms with E-state index in [0.29, 0.717) is 6.42 Å². The average Bonchev–Trinajstić information content (AvgIpc) is 2.60. The van der Waals surface area contributed by atoms with Crippen LogP contribution in [0.5, 0.6) is 0 Å². The van der Waals surface area contributed by atoms with Crippen LogP contribution in [-0.2, 0) is 14.8 Å². The van der Waals surface area contributed by atoms with Crippen LogP contribution >= 0.6 is 0 Å². The van der Waals surface area contributed by atoms with Gasteiger partial charge in [-0.25, -0.2) is 12.8 Å². The first-order chi connectivity index (χ1) is 12.2. The van der Waals surface area contributed by atoms with Crippen LogP contribution < -0.4 is 9.62 Å². The Kier molecular flexibility index (Phi) is 6.37. The smallest absolute Gasteiger partial charge is 0.244 e. The minimum Gasteiger partial charge on any atom is -0.347 e. The van der Waals surface area contributed by atoms with Crippen LogP contribution in [0.2, 0.25) is 0 Å². The second kappa shape index (κ2) is 8.31. The molecule has 2 aromatic rings. The maximum Gasteiger partial charge on any atom is 0.244 e. The van der Waals surface area contributed by atoms with E-state index >= 15 is 0 Å². The summed E-state index contributed by atoms with van der Waals surface area (Å²) in [6.07, 6.45) is 1.69. The van der Waals surface area contributed by atoms with E-state index in [1.165, 1.54) is 19.1 Å². The van der Waals surface area contributed by atoms with Gasteiger partial charge in [-0.1, -0.05) is 37.3 Å². The second-order valence-electron chi connectivity index (χ2n) is 6.09. The number of anilines is 1. The summed E-state index contributed by atoms with van der Waals surface area (Å²) < 4.78 is 38.6. The zero-order chi connectivity index (χ0) is 19.3. The van der Waals surface area contributed by atoms with Crippen molar-refractivity contribution in [3.05, 3.63) is 66.0 Å². The SMILES string of the molecule is CC[C@H](NC(=O)[C@H](C)N(c1ccc(F)cc1)S(C)(=O)=O)c1ccccc1. The van der Waals surface area contributed by atoms with E-state index in [2.05, 4.69) is 5.32 Å². The van der Waals surface area contributed by atoms with E-state index in [9.17, 15) is 17.6 Å². The van der Waals surface area contributed by atoms with E-state index in [1.807, 2.05) is 37.3 Å². The Labute approximate surface area is 153 Å². The van der Waals surface area contributed by atoms with Gasteiger partial charge in [0.05, 0.1) is 18.0 Å². The van der Waals surface area contributed by atoms with E-state index in [4.69, 9.17) is 0 Å². The molecule has 0 spiro atoms. The highest BCUT2D eigenvalue weighted by molar-refractivity contribution is 7.92. The summed E-state index contributed by atoms with van der Waals surface area (Å²) in [6, 6.07) is 13.3. The van der Waals surface area contributed by atoms with Crippen molar-refractivity contribution in [2.24, 2.45) is 0 Å². The Morgan fingerprint density at radius 2 is 1.69 bits per heavy atom. The minimum atomic E-state index is -3.73. The Morgan fingerprint density at radius 1 is 1.12 bits per heavy atom. The number of benzene rings is 2. The highest BCUT2D eigenvalue weighted by atomic mass is 32.2. The normalized spacial score (nSPS) is 13.7. The number of carbonyl (C=O) groups is 1. The fourth-order valence-corrected chi connectivity index (χ4v) is 3.97. The standard InChI is InChI=1S/C19H23FN2O3S/c1-4-18(15-8-6-5-7-9-15)21-19(23)14(2)22(26(3,24)25)17-12-10-16(20)11-13-17/h5-14,18H,4H2,1-3H3,(H,21,23)/t14-,18-/m0/s1. The molecule has 0 aliphatic carbocycles. The van der Waals surface area contributed by atoms with Crippen LogP contribution in [0.1, 0.15) is 31.9 Å². The summed E-state index contributed by atoms with van der Waals surface area (Å²) >= 11 is 0. The Morgan fingerprint density at radius 3 is 2.19 bits per heavy atom. The maximum atomic E-state index is 13.2. The molecule has 0 aromatic heterocycles. The third-order valence-corrected chi connectivity index (χ3v) is 5.34. The molecule has 0 radical (unpaired) electrons. The van der Waals surface area contributed by atoms with Crippen molar-refractivity contribution in [2.75, 3.05) is 10.6 Å². The predicted molar refractivity (Wildman–Crippen MR) is 101 cm³/mol. The molecule has 0 saturated carbocycles. The van der Waals surface area contributed by atoms with E-state index in [1.54, 1.807) is 0 Å². The number of hydrogen-bond acceptors (Lipinski definition) is 3. The van der Waals surface area contributed by atoms with Gasteiger partial charge < -0.3 is 5.32 Å². The van der Waals surface area contributed by atoms with Crippen molar-refractivity contribution in [3.63, 3.8) is 0 Å². The molecular weight excluding hydrogens is 355 g/mol. The first kappa shape index (κ1) is 19.9. The molecular formula is C19H23FN2O3S. The van der Waals surface area contributed by atoms with Gasteiger partial charge in [-0.15, -0.1) is 0 Å². The summed E-state index contributed by atoms with van der Waals surface area (Å²) in [5.74, 6) is -0.898. The number of sulfonamides is 1. The maximum absolute atomic E-state index is 13.2. The lowest BCUT2D eigenvalue weighted by molar-refractivity contribution is -0.122. The molecule has 0 heterocycles. The largest absolute Gasteiger partial charge is 0.347 e. The summed E-state index contributed by atoms with van der Waals surface area (Å²) in [7, 11) is -3.73. The number of nitrogens with one attached hydrogen (secondary N) is 1. The molecule has 7 heteroatoms. The zero-order valence-corrected chi connectivity index (χ0v) is 15.8. The van der Waals surface area contributed by atoms with Crippen molar-refractivity contribution < 1.29 is 17.6 Å². The number of amides is 1. The number of hydrogen-bond donors (Lipinski definition) is 1.